The number of ether oxygens (including phenoxy) is 1. The van der Waals surface area contributed by atoms with E-state index in [1.807, 2.05) is 6.07 Å². The Morgan fingerprint density at radius 3 is 2.56 bits per heavy atom. The highest BCUT2D eigenvalue weighted by atomic mass is 32.2. The molecule has 0 amide bonds. The molecule has 4 nitrogen and oxygen atoms in total. The third kappa shape index (κ3) is 3.40. The normalized spacial score (nSPS) is 29.4. The molecule has 3 heterocycles. The molecule has 1 saturated carbocycles. The highest BCUT2D eigenvalue weighted by Crippen LogP contribution is 2.51. The van der Waals surface area contributed by atoms with E-state index in [0.717, 1.165) is 37.2 Å². The van der Waals surface area contributed by atoms with E-state index in [1.165, 1.54) is 57.3 Å². The molecule has 144 valence electrons. The highest BCUT2D eigenvalue weighted by Gasteiger charge is 2.53. The van der Waals surface area contributed by atoms with Gasteiger partial charge in [-0.05, 0) is 67.7 Å². The molecule has 0 aromatic heterocycles. The summed E-state index contributed by atoms with van der Waals surface area (Å²) in [6, 6.07) is 7.43. The molecule has 5 rings (SSSR count). The van der Waals surface area contributed by atoms with Crippen LogP contribution in [0.15, 0.2) is 23.1 Å². The maximum absolute atomic E-state index is 13.7. The molecule has 0 bridgehead atoms. The number of benzene rings is 1. The number of piperidine rings is 1. The second-order valence-corrected chi connectivity index (χ2v) is 10.3. The summed E-state index contributed by atoms with van der Waals surface area (Å²) in [5.41, 5.74) is 1.43. The topological polar surface area (TPSA) is 39.5 Å². The van der Waals surface area contributed by atoms with Crippen LogP contribution in [0.25, 0.3) is 0 Å². The molecule has 0 N–H and O–H groups in total. The summed E-state index contributed by atoms with van der Waals surface area (Å²) in [5, 5.41) is 9.03. The number of nitriles is 1. The third-order valence-corrected chi connectivity index (χ3v) is 8.17. The van der Waals surface area contributed by atoms with Crippen LogP contribution in [-0.2, 0) is 4.74 Å². The van der Waals surface area contributed by atoms with Crippen molar-refractivity contribution < 1.29 is 9.13 Å². The molecular weight excluding hydrogens is 361 g/mol. The van der Waals surface area contributed by atoms with Gasteiger partial charge in [0.2, 0.25) is 0 Å². The van der Waals surface area contributed by atoms with Crippen LogP contribution in [-0.4, -0.2) is 54.6 Å². The number of nitrogens with zero attached hydrogens (tertiary/aromatic N) is 3. The number of hydrogen-bond donors (Lipinski definition) is 0. The molecule has 6 heteroatoms. The van der Waals surface area contributed by atoms with Gasteiger partial charge in [-0.15, -0.1) is 0 Å². The first kappa shape index (κ1) is 17.9. The summed E-state index contributed by atoms with van der Waals surface area (Å²) in [5.74, 6) is -0.326. The lowest BCUT2D eigenvalue weighted by molar-refractivity contribution is -0.198. The van der Waals surface area contributed by atoms with E-state index < -0.39 is 0 Å². The fourth-order valence-electron chi connectivity index (χ4n) is 5.47. The largest absolute Gasteiger partial charge is 0.380 e. The molecule has 0 radical (unpaired) electrons. The highest BCUT2D eigenvalue weighted by molar-refractivity contribution is 7.97. The maximum atomic E-state index is 13.7. The summed E-state index contributed by atoms with van der Waals surface area (Å²) < 4.78 is 21.4. The summed E-state index contributed by atoms with van der Waals surface area (Å²) in [6.45, 7) is 6.54. The monoisotopic (exact) mass is 387 g/mol. The fourth-order valence-corrected chi connectivity index (χ4v) is 6.48. The fraction of sp³-hybridized carbons (Fsp3) is 0.667. The Morgan fingerprint density at radius 2 is 1.89 bits per heavy atom. The zero-order valence-corrected chi connectivity index (χ0v) is 16.4. The van der Waals surface area contributed by atoms with Gasteiger partial charge in [-0.3, -0.25) is 4.90 Å². The smallest absolute Gasteiger partial charge is 0.125 e. The van der Waals surface area contributed by atoms with E-state index >= 15 is 0 Å². The van der Waals surface area contributed by atoms with Gasteiger partial charge < -0.3 is 4.74 Å². The predicted molar refractivity (Wildman–Crippen MR) is 103 cm³/mol. The van der Waals surface area contributed by atoms with Gasteiger partial charge >= 0.3 is 0 Å². The van der Waals surface area contributed by atoms with Gasteiger partial charge in [0.15, 0.2) is 0 Å². The number of likely N-dealkylation sites (tertiary alicyclic amines) is 1. The molecule has 1 atom stereocenters. The average Bonchev–Trinajstić information content (AvgIpc) is 2.98. The lowest BCUT2D eigenvalue weighted by Gasteiger charge is -2.57. The first-order valence-corrected chi connectivity index (χ1v) is 10.8. The minimum Gasteiger partial charge on any atom is -0.380 e. The molecule has 1 unspecified atom stereocenters. The van der Waals surface area contributed by atoms with Crippen molar-refractivity contribution in [2.24, 2.45) is 10.8 Å². The lowest BCUT2D eigenvalue weighted by Crippen LogP contribution is -2.67. The van der Waals surface area contributed by atoms with Gasteiger partial charge in [0, 0.05) is 42.5 Å². The molecule has 4 aliphatic rings. The molecule has 1 aromatic carbocycles. The van der Waals surface area contributed by atoms with Crippen LogP contribution in [0.5, 0.6) is 0 Å². The van der Waals surface area contributed by atoms with Gasteiger partial charge in [-0.25, -0.2) is 8.70 Å². The van der Waals surface area contributed by atoms with E-state index in [1.54, 1.807) is 18.0 Å². The molecule has 27 heavy (non-hydrogen) atoms. The Morgan fingerprint density at radius 1 is 1.11 bits per heavy atom. The predicted octanol–water partition coefficient (Wildman–Crippen LogP) is 3.67. The van der Waals surface area contributed by atoms with E-state index in [2.05, 4.69) is 9.21 Å². The van der Waals surface area contributed by atoms with Gasteiger partial charge in [0.05, 0.1) is 24.8 Å². The third-order valence-electron chi connectivity index (χ3n) is 7.10. The van der Waals surface area contributed by atoms with Crippen molar-refractivity contribution in [3.63, 3.8) is 0 Å². The Kier molecular flexibility index (Phi) is 4.47. The summed E-state index contributed by atoms with van der Waals surface area (Å²) in [7, 11) is 0. The summed E-state index contributed by atoms with van der Waals surface area (Å²) >= 11 is 1.60. The molecule has 3 aliphatic heterocycles. The van der Waals surface area contributed by atoms with E-state index in [-0.39, 0.29) is 5.82 Å². The van der Waals surface area contributed by atoms with Crippen LogP contribution in [0.4, 0.5) is 4.39 Å². The van der Waals surface area contributed by atoms with Crippen LogP contribution >= 0.6 is 11.9 Å². The number of hydrogen-bond acceptors (Lipinski definition) is 5. The van der Waals surface area contributed by atoms with E-state index in [4.69, 9.17) is 10.00 Å². The summed E-state index contributed by atoms with van der Waals surface area (Å²) in [6.07, 6.45) is 6.52. The van der Waals surface area contributed by atoms with Crippen LogP contribution in [0.1, 0.15) is 37.7 Å². The second-order valence-electron chi connectivity index (χ2n) is 9.10. The zero-order valence-electron chi connectivity index (χ0n) is 15.6. The SMILES string of the molecule is N#Cc1cc(F)cc(SN2CCC3(CCC(N4CC5(COC5)C4)C3)CC2)c1. The Balaban J connectivity index is 1.14. The lowest BCUT2D eigenvalue weighted by atomic mass is 9.75. The second kappa shape index (κ2) is 6.73. The Hall–Kier alpha value is -1.13. The molecule has 1 aliphatic carbocycles. The Bertz CT molecular complexity index is 759. The molecule has 3 saturated heterocycles. The first-order valence-electron chi connectivity index (χ1n) is 10.0. The van der Waals surface area contributed by atoms with Crippen LogP contribution < -0.4 is 0 Å². The van der Waals surface area contributed by atoms with Gasteiger partial charge in [0.25, 0.3) is 0 Å². The minimum atomic E-state index is -0.326. The number of halogens is 1. The summed E-state index contributed by atoms with van der Waals surface area (Å²) in [4.78, 5) is 3.54. The average molecular weight is 388 g/mol. The molecular formula is C21H26FN3OS. The molecule has 2 spiro atoms. The minimum absolute atomic E-state index is 0.326. The first-order chi connectivity index (χ1) is 13.1. The van der Waals surface area contributed by atoms with Crippen molar-refractivity contribution >= 4 is 11.9 Å². The molecule has 1 aromatic rings. The standard InChI is InChI=1S/C21H26FN3OS/c22-17-7-16(11-23)8-19(9-17)27-25-5-3-20(4-6-25)2-1-18(10-20)24-12-21(13-24)14-26-15-21/h7-9,18H,1-6,10,12-15H2. The van der Waals surface area contributed by atoms with E-state index in [0.29, 0.717) is 16.4 Å². The zero-order chi connectivity index (χ0) is 18.5. The van der Waals surface area contributed by atoms with Crippen molar-refractivity contribution in [1.82, 2.24) is 9.21 Å². The van der Waals surface area contributed by atoms with Gasteiger partial charge in [0.1, 0.15) is 5.82 Å². The van der Waals surface area contributed by atoms with Crippen molar-refractivity contribution in [2.45, 2.75) is 43.0 Å². The molecule has 4 fully saturated rings. The maximum Gasteiger partial charge on any atom is 0.125 e. The van der Waals surface area contributed by atoms with Gasteiger partial charge in [-0.1, -0.05) is 0 Å². The van der Waals surface area contributed by atoms with Crippen molar-refractivity contribution in [2.75, 3.05) is 39.4 Å². The van der Waals surface area contributed by atoms with Crippen molar-refractivity contribution in [1.29, 1.82) is 5.26 Å². The van der Waals surface area contributed by atoms with Crippen LogP contribution in [0, 0.1) is 28.0 Å². The quantitative estimate of drug-likeness (QED) is 0.740. The van der Waals surface area contributed by atoms with E-state index in [9.17, 15) is 4.39 Å². The van der Waals surface area contributed by atoms with Crippen LogP contribution in [0.3, 0.4) is 0 Å². The number of rotatable bonds is 3. The van der Waals surface area contributed by atoms with Crippen molar-refractivity contribution in [3.8, 4) is 6.07 Å². The van der Waals surface area contributed by atoms with Gasteiger partial charge in [-0.2, -0.15) is 5.26 Å². The Labute approximate surface area is 164 Å². The van der Waals surface area contributed by atoms with Crippen LogP contribution in [0.2, 0.25) is 0 Å². The van der Waals surface area contributed by atoms with Crippen molar-refractivity contribution in [3.05, 3.63) is 29.6 Å².